The minimum atomic E-state index is -0.538. The van der Waals surface area contributed by atoms with Gasteiger partial charge in [-0.3, -0.25) is 0 Å². The van der Waals surface area contributed by atoms with Gasteiger partial charge in [0.15, 0.2) is 0 Å². The van der Waals surface area contributed by atoms with E-state index in [0.29, 0.717) is 0 Å². The minimum Gasteiger partial charge on any atom is -0.497 e. The lowest BCUT2D eigenvalue weighted by Gasteiger charge is -2.34. The molecule has 106 valence electrons. The molecule has 0 bridgehead atoms. The van der Waals surface area contributed by atoms with E-state index in [-0.39, 0.29) is 22.8 Å². The van der Waals surface area contributed by atoms with Gasteiger partial charge in [-0.25, -0.2) is 8.78 Å². The molecule has 1 saturated carbocycles. The first-order valence-corrected chi connectivity index (χ1v) is 6.72. The third-order valence-electron chi connectivity index (χ3n) is 4.31. The Morgan fingerprint density at radius 2 is 1.74 bits per heavy atom. The first-order chi connectivity index (χ1) is 9.01. The monoisotopic (exact) mass is 269 g/mol. The van der Waals surface area contributed by atoms with E-state index in [9.17, 15) is 8.78 Å². The van der Waals surface area contributed by atoms with Crippen LogP contribution in [-0.2, 0) is 0 Å². The number of hydrogen-bond donors (Lipinski definition) is 1. The Bertz CT molecular complexity index is 432. The number of halogens is 2. The summed E-state index contributed by atoms with van der Waals surface area (Å²) in [6, 6.07) is 2.20. The smallest absolute Gasteiger partial charge is 0.134 e. The molecule has 0 aliphatic heterocycles. The predicted molar refractivity (Wildman–Crippen MR) is 71.3 cm³/mol. The van der Waals surface area contributed by atoms with Crippen LogP contribution in [0.4, 0.5) is 8.78 Å². The molecule has 0 radical (unpaired) electrons. The molecule has 4 heteroatoms. The molecule has 1 unspecified atom stereocenters. The van der Waals surface area contributed by atoms with Crippen LogP contribution in [0.15, 0.2) is 12.1 Å². The maximum atomic E-state index is 14.2. The van der Waals surface area contributed by atoms with Gasteiger partial charge in [0, 0.05) is 23.7 Å². The van der Waals surface area contributed by atoms with Crippen molar-refractivity contribution in [2.75, 3.05) is 14.2 Å². The van der Waals surface area contributed by atoms with Crippen molar-refractivity contribution >= 4 is 0 Å². The second-order valence-corrected chi connectivity index (χ2v) is 5.59. The van der Waals surface area contributed by atoms with Gasteiger partial charge in [-0.2, -0.15) is 0 Å². The van der Waals surface area contributed by atoms with Crippen molar-refractivity contribution in [3.8, 4) is 5.75 Å². The molecular formula is C15H21F2NO. The standard InChI is InChI=1S/C15H21F2NO/c1-15(6-4-5-7-15)14(18-2)13-11(16)8-10(19-3)9-12(13)17/h8-9,14,18H,4-7H2,1-3H3. The van der Waals surface area contributed by atoms with E-state index in [4.69, 9.17) is 4.74 Å². The zero-order chi connectivity index (χ0) is 14.0. The number of rotatable bonds is 4. The van der Waals surface area contributed by atoms with Gasteiger partial charge in [0.2, 0.25) is 0 Å². The molecule has 1 fully saturated rings. The van der Waals surface area contributed by atoms with Crippen molar-refractivity contribution in [1.29, 1.82) is 0 Å². The van der Waals surface area contributed by atoms with E-state index in [2.05, 4.69) is 12.2 Å². The molecule has 19 heavy (non-hydrogen) atoms. The highest BCUT2D eigenvalue weighted by Crippen LogP contribution is 2.48. The average Bonchev–Trinajstić information content (AvgIpc) is 2.81. The van der Waals surface area contributed by atoms with E-state index in [1.807, 2.05) is 0 Å². The molecule has 1 aliphatic carbocycles. The highest BCUT2D eigenvalue weighted by Gasteiger charge is 2.39. The molecule has 1 aromatic rings. The molecule has 1 aromatic carbocycles. The summed E-state index contributed by atoms with van der Waals surface area (Å²) in [5.41, 5.74) is 0.0399. The Balaban J connectivity index is 2.43. The van der Waals surface area contributed by atoms with Crippen LogP contribution in [0.5, 0.6) is 5.75 Å². The summed E-state index contributed by atoms with van der Waals surface area (Å²) in [5, 5.41) is 3.10. The maximum absolute atomic E-state index is 14.2. The fourth-order valence-electron chi connectivity index (χ4n) is 3.27. The summed E-state index contributed by atoms with van der Waals surface area (Å²) in [6.45, 7) is 2.10. The van der Waals surface area contributed by atoms with Crippen molar-refractivity contribution in [1.82, 2.24) is 5.32 Å². The van der Waals surface area contributed by atoms with Crippen molar-refractivity contribution in [3.05, 3.63) is 29.3 Å². The van der Waals surface area contributed by atoms with E-state index >= 15 is 0 Å². The third-order valence-corrected chi connectivity index (χ3v) is 4.31. The van der Waals surface area contributed by atoms with Crippen LogP contribution in [0.2, 0.25) is 0 Å². The highest BCUT2D eigenvalue weighted by molar-refractivity contribution is 5.33. The lowest BCUT2D eigenvalue weighted by molar-refractivity contribution is 0.223. The molecule has 0 aromatic heterocycles. The Morgan fingerprint density at radius 1 is 1.21 bits per heavy atom. The van der Waals surface area contributed by atoms with Crippen LogP contribution in [0.3, 0.4) is 0 Å². The Morgan fingerprint density at radius 3 is 2.16 bits per heavy atom. The van der Waals surface area contributed by atoms with Crippen LogP contribution in [0, 0.1) is 17.0 Å². The Hall–Kier alpha value is -1.16. The molecule has 2 nitrogen and oxygen atoms in total. The van der Waals surface area contributed by atoms with Gasteiger partial charge in [-0.15, -0.1) is 0 Å². The van der Waals surface area contributed by atoms with E-state index in [0.717, 1.165) is 25.7 Å². The van der Waals surface area contributed by atoms with Gasteiger partial charge in [0.05, 0.1) is 7.11 Å². The lowest BCUT2D eigenvalue weighted by Crippen LogP contribution is -2.33. The molecule has 1 N–H and O–H groups in total. The number of nitrogens with one attached hydrogen (secondary N) is 1. The second-order valence-electron chi connectivity index (χ2n) is 5.59. The van der Waals surface area contributed by atoms with Crippen LogP contribution >= 0.6 is 0 Å². The fraction of sp³-hybridized carbons (Fsp3) is 0.600. The first kappa shape index (κ1) is 14.3. The second kappa shape index (κ2) is 5.45. The molecular weight excluding hydrogens is 248 g/mol. The van der Waals surface area contributed by atoms with Gasteiger partial charge in [-0.05, 0) is 25.3 Å². The molecule has 1 aliphatic rings. The minimum absolute atomic E-state index is 0.0922. The van der Waals surface area contributed by atoms with Gasteiger partial charge in [0.25, 0.3) is 0 Å². The fourth-order valence-corrected chi connectivity index (χ4v) is 3.27. The molecule has 1 atom stereocenters. The lowest BCUT2D eigenvalue weighted by atomic mass is 9.77. The quantitative estimate of drug-likeness (QED) is 0.897. The van der Waals surface area contributed by atoms with E-state index in [1.54, 1.807) is 7.05 Å². The number of hydrogen-bond acceptors (Lipinski definition) is 2. The first-order valence-electron chi connectivity index (χ1n) is 6.72. The number of methoxy groups -OCH3 is 1. The summed E-state index contributed by atoms with van der Waals surface area (Å²) in [7, 11) is 3.17. The third kappa shape index (κ3) is 2.59. The summed E-state index contributed by atoms with van der Waals surface area (Å²) in [6.07, 6.45) is 4.22. The van der Waals surface area contributed by atoms with Crippen molar-refractivity contribution in [2.45, 2.75) is 38.6 Å². The van der Waals surface area contributed by atoms with E-state index < -0.39 is 11.6 Å². The average molecular weight is 269 g/mol. The van der Waals surface area contributed by atoms with Crippen LogP contribution in [-0.4, -0.2) is 14.2 Å². The Kier molecular flexibility index (Phi) is 4.09. The normalized spacial score (nSPS) is 19.4. The van der Waals surface area contributed by atoms with Crippen molar-refractivity contribution in [2.24, 2.45) is 5.41 Å². The van der Waals surface area contributed by atoms with Gasteiger partial charge < -0.3 is 10.1 Å². The molecule has 0 saturated heterocycles. The van der Waals surface area contributed by atoms with Gasteiger partial charge >= 0.3 is 0 Å². The van der Waals surface area contributed by atoms with Crippen LogP contribution in [0.25, 0.3) is 0 Å². The molecule has 2 rings (SSSR count). The largest absolute Gasteiger partial charge is 0.497 e. The SMILES string of the molecule is CNC(c1c(F)cc(OC)cc1F)C1(C)CCCC1. The van der Waals surface area contributed by atoms with E-state index in [1.165, 1.54) is 19.2 Å². The molecule has 0 spiro atoms. The number of ether oxygens (including phenoxy) is 1. The summed E-state index contributed by atoms with van der Waals surface area (Å²) < 4.78 is 33.3. The summed E-state index contributed by atoms with van der Waals surface area (Å²) in [5.74, 6) is -0.862. The zero-order valence-electron chi connectivity index (χ0n) is 11.7. The predicted octanol–water partition coefficient (Wildman–Crippen LogP) is 3.81. The Labute approximate surface area is 113 Å². The van der Waals surface area contributed by atoms with Gasteiger partial charge in [0.1, 0.15) is 17.4 Å². The molecule has 0 heterocycles. The zero-order valence-corrected chi connectivity index (χ0v) is 11.7. The summed E-state index contributed by atoms with van der Waals surface area (Å²) in [4.78, 5) is 0. The molecule has 0 amide bonds. The highest BCUT2D eigenvalue weighted by atomic mass is 19.1. The number of benzene rings is 1. The van der Waals surface area contributed by atoms with Crippen molar-refractivity contribution < 1.29 is 13.5 Å². The van der Waals surface area contributed by atoms with Crippen LogP contribution < -0.4 is 10.1 Å². The van der Waals surface area contributed by atoms with Crippen molar-refractivity contribution in [3.63, 3.8) is 0 Å². The van der Waals surface area contributed by atoms with Gasteiger partial charge in [-0.1, -0.05) is 19.8 Å². The maximum Gasteiger partial charge on any atom is 0.134 e. The van der Waals surface area contributed by atoms with Crippen LogP contribution in [0.1, 0.15) is 44.2 Å². The summed E-state index contributed by atoms with van der Waals surface area (Å²) >= 11 is 0. The topological polar surface area (TPSA) is 21.3 Å².